The van der Waals surface area contributed by atoms with E-state index in [0.717, 1.165) is 0 Å². The third kappa shape index (κ3) is 1.38. The third-order valence-corrected chi connectivity index (χ3v) is 5.07. The SMILES string of the molecule is NC1=NC(O)C2C3OC4(O)C[C@]2(N1)[C@H](O)C(O4)[C@]3(O)CO. The minimum atomic E-state index is -2.03. The first kappa shape index (κ1) is 13.6. The van der Waals surface area contributed by atoms with Gasteiger partial charge in [-0.1, -0.05) is 0 Å². The lowest BCUT2D eigenvalue weighted by Crippen LogP contribution is -2.90. The van der Waals surface area contributed by atoms with Gasteiger partial charge >= 0.3 is 0 Å². The number of nitrogens with zero attached hydrogens (tertiary/aromatic N) is 1. The first-order valence-corrected chi connectivity index (χ1v) is 6.65. The summed E-state index contributed by atoms with van der Waals surface area (Å²) in [5, 5.41) is 54.0. The van der Waals surface area contributed by atoms with E-state index in [1.165, 1.54) is 0 Å². The molecular formula is C11H17N3O7. The molecule has 8 N–H and O–H groups in total. The lowest BCUT2D eigenvalue weighted by atomic mass is 9.56. The lowest BCUT2D eigenvalue weighted by Gasteiger charge is -2.69. The number of nitrogens with two attached hydrogens (primary N) is 1. The van der Waals surface area contributed by atoms with Crippen LogP contribution in [0.15, 0.2) is 4.99 Å². The third-order valence-electron chi connectivity index (χ3n) is 5.07. The summed E-state index contributed by atoms with van der Waals surface area (Å²) >= 11 is 0. The van der Waals surface area contributed by atoms with Gasteiger partial charge in [-0.2, -0.15) is 0 Å². The van der Waals surface area contributed by atoms with Gasteiger partial charge in [0.25, 0.3) is 5.97 Å². The fourth-order valence-electron chi connectivity index (χ4n) is 4.22. The molecule has 0 aromatic heterocycles. The van der Waals surface area contributed by atoms with Crippen LogP contribution in [0.25, 0.3) is 0 Å². The van der Waals surface area contributed by atoms with Crippen LogP contribution >= 0.6 is 0 Å². The molecule has 10 nitrogen and oxygen atoms in total. The number of ether oxygens (including phenoxy) is 2. The van der Waals surface area contributed by atoms with E-state index < -0.39 is 54.2 Å². The van der Waals surface area contributed by atoms with E-state index in [1.807, 2.05) is 0 Å². The average Bonchev–Trinajstić information content (AvgIpc) is 2.39. The highest BCUT2D eigenvalue weighted by Gasteiger charge is 2.78. The molecular weight excluding hydrogens is 286 g/mol. The summed E-state index contributed by atoms with van der Waals surface area (Å²) in [5.41, 5.74) is 2.40. The summed E-state index contributed by atoms with van der Waals surface area (Å²) in [4.78, 5) is 3.77. The quantitative estimate of drug-likeness (QED) is 0.252. The standard InChI is InChI=1S/C11H17N3O7/c12-8-13-7(17)3-5-10(18,2-15)6-4(16)9(3,14-8)1-11(19,20-5)21-6/h3-7,15-19H,1-2H2,(H3,12,13,14)/t3?,4-,5?,6?,7?,9-,10+,11?/m1/s1. The van der Waals surface area contributed by atoms with E-state index in [0.29, 0.717) is 0 Å². The van der Waals surface area contributed by atoms with Gasteiger partial charge in [0.05, 0.1) is 24.5 Å². The molecule has 0 radical (unpaired) electrons. The van der Waals surface area contributed by atoms with Crippen molar-refractivity contribution in [3.8, 4) is 0 Å². The number of nitrogens with one attached hydrogen (secondary N) is 1. The van der Waals surface area contributed by atoms with E-state index in [2.05, 4.69) is 10.3 Å². The molecule has 4 fully saturated rings. The minimum absolute atomic E-state index is 0.0871. The summed E-state index contributed by atoms with van der Waals surface area (Å²) in [7, 11) is 0. The normalized spacial score (nSPS) is 61.2. The second-order valence-corrected chi connectivity index (χ2v) is 6.18. The Morgan fingerprint density at radius 1 is 1.29 bits per heavy atom. The van der Waals surface area contributed by atoms with Gasteiger partial charge in [-0.05, 0) is 0 Å². The Morgan fingerprint density at radius 3 is 2.62 bits per heavy atom. The Kier molecular flexibility index (Phi) is 2.38. The highest BCUT2D eigenvalue weighted by Crippen LogP contribution is 2.58. The molecule has 8 atom stereocenters. The zero-order valence-corrected chi connectivity index (χ0v) is 10.9. The Hall–Kier alpha value is -1.01. The van der Waals surface area contributed by atoms with Crippen LogP contribution in [0.2, 0.25) is 0 Å². The predicted molar refractivity (Wildman–Crippen MR) is 64.3 cm³/mol. The minimum Gasteiger partial charge on any atom is -0.393 e. The second-order valence-electron chi connectivity index (χ2n) is 6.18. The van der Waals surface area contributed by atoms with Crippen LogP contribution in [0.5, 0.6) is 0 Å². The Labute approximate surface area is 118 Å². The van der Waals surface area contributed by atoms with Crippen LogP contribution in [0.4, 0.5) is 0 Å². The molecule has 3 saturated heterocycles. The molecule has 4 heterocycles. The molecule has 5 unspecified atom stereocenters. The number of guanidine groups is 1. The smallest absolute Gasteiger partial charge is 0.283 e. The first-order valence-electron chi connectivity index (χ1n) is 6.65. The lowest BCUT2D eigenvalue weighted by molar-refractivity contribution is -0.524. The summed E-state index contributed by atoms with van der Waals surface area (Å²) < 4.78 is 10.6. The highest BCUT2D eigenvalue weighted by molar-refractivity contribution is 5.80. The fourth-order valence-corrected chi connectivity index (χ4v) is 4.22. The largest absolute Gasteiger partial charge is 0.393 e. The number of hydrogen-bond donors (Lipinski definition) is 7. The fraction of sp³-hybridized carbons (Fsp3) is 0.909. The molecule has 21 heavy (non-hydrogen) atoms. The van der Waals surface area contributed by atoms with Crippen LogP contribution in [0, 0.1) is 5.92 Å². The number of aliphatic imine (C=N–C) groups is 1. The van der Waals surface area contributed by atoms with Crippen LogP contribution in [-0.4, -0.2) is 79.8 Å². The zero-order chi connectivity index (χ0) is 15.2. The number of aliphatic hydroxyl groups excluding tert-OH is 3. The van der Waals surface area contributed by atoms with Gasteiger partial charge in [-0.25, -0.2) is 4.99 Å². The van der Waals surface area contributed by atoms with Gasteiger partial charge in [0.15, 0.2) is 12.2 Å². The van der Waals surface area contributed by atoms with Crippen molar-refractivity contribution in [1.29, 1.82) is 0 Å². The van der Waals surface area contributed by atoms with E-state index in [-0.39, 0.29) is 12.4 Å². The summed E-state index contributed by atoms with van der Waals surface area (Å²) in [6, 6.07) is 0. The Bertz CT molecular complexity index is 532. The molecule has 0 aromatic rings. The molecule has 118 valence electrons. The molecule has 10 heteroatoms. The summed E-state index contributed by atoms with van der Waals surface area (Å²) in [6.07, 6.45) is -5.35. The van der Waals surface area contributed by atoms with Gasteiger partial charge in [0.2, 0.25) is 0 Å². The van der Waals surface area contributed by atoms with Crippen LogP contribution in [-0.2, 0) is 9.47 Å². The number of aliphatic hydroxyl groups is 5. The maximum absolute atomic E-state index is 10.6. The Balaban J connectivity index is 1.90. The summed E-state index contributed by atoms with van der Waals surface area (Å²) in [6.45, 7) is -0.770. The van der Waals surface area contributed by atoms with Crippen molar-refractivity contribution in [2.45, 2.75) is 48.1 Å². The van der Waals surface area contributed by atoms with Gasteiger partial charge in [-0.3, -0.25) is 0 Å². The van der Waals surface area contributed by atoms with E-state index in [4.69, 9.17) is 15.2 Å². The molecule has 5 rings (SSSR count). The zero-order valence-electron chi connectivity index (χ0n) is 10.9. The van der Waals surface area contributed by atoms with Gasteiger partial charge in [0.1, 0.15) is 23.9 Å². The van der Waals surface area contributed by atoms with E-state index in [1.54, 1.807) is 0 Å². The van der Waals surface area contributed by atoms with E-state index in [9.17, 15) is 25.5 Å². The molecule has 0 amide bonds. The number of hydrogen-bond acceptors (Lipinski definition) is 10. The van der Waals surface area contributed by atoms with Crippen LogP contribution < -0.4 is 11.1 Å². The van der Waals surface area contributed by atoms with Crippen LogP contribution in [0.1, 0.15) is 6.42 Å². The average molecular weight is 303 g/mol. The van der Waals surface area contributed by atoms with Gasteiger partial charge in [-0.15, -0.1) is 0 Å². The van der Waals surface area contributed by atoms with Crippen molar-refractivity contribution in [2.75, 3.05) is 6.61 Å². The van der Waals surface area contributed by atoms with Gasteiger partial charge in [0, 0.05) is 0 Å². The Morgan fingerprint density at radius 2 is 1.95 bits per heavy atom. The molecule has 4 aliphatic heterocycles. The van der Waals surface area contributed by atoms with Crippen molar-refractivity contribution in [1.82, 2.24) is 5.32 Å². The molecule has 1 aliphatic carbocycles. The predicted octanol–water partition coefficient (Wildman–Crippen LogP) is -4.49. The molecule has 4 bridgehead atoms. The topological polar surface area (TPSA) is 170 Å². The summed E-state index contributed by atoms with van der Waals surface area (Å²) in [5.74, 6) is -3.02. The maximum atomic E-state index is 10.6. The van der Waals surface area contributed by atoms with Gasteiger partial charge < -0.3 is 46.1 Å². The monoisotopic (exact) mass is 303 g/mol. The van der Waals surface area contributed by atoms with Crippen molar-refractivity contribution in [3.63, 3.8) is 0 Å². The van der Waals surface area contributed by atoms with Crippen molar-refractivity contribution >= 4 is 5.96 Å². The van der Waals surface area contributed by atoms with E-state index >= 15 is 0 Å². The maximum Gasteiger partial charge on any atom is 0.283 e. The van der Waals surface area contributed by atoms with Crippen molar-refractivity contribution < 1.29 is 35.0 Å². The highest BCUT2D eigenvalue weighted by atomic mass is 16.8. The molecule has 0 aromatic carbocycles. The number of rotatable bonds is 1. The molecule has 1 spiro atoms. The first-order chi connectivity index (χ1) is 9.76. The second kappa shape index (κ2) is 3.66. The van der Waals surface area contributed by atoms with Crippen molar-refractivity contribution in [2.24, 2.45) is 16.6 Å². The van der Waals surface area contributed by atoms with Crippen molar-refractivity contribution in [3.05, 3.63) is 0 Å². The molecule has 1 saturated carbocycles. The molecule has 5 aliphatic rings. The van der Waals surface area contributed by atoms with Crippen LogP contribution in [0.3, 0.4) is 0 Å².